The van der Waals surface area contributed by atoms with Crippen LogP contribution < -0.4 is 5.46 Å². The van der Waals surface area contributed by atoms with Crippen LogP contribution in [-0.4, -0.2) is 33.5 Å². The Bertz CT molecular complexity index is 791. The predicted octanol–water partition coefficient (Wildman–Crippen LogP) is -0.0447. The van der Waals surface area contributed by atoms with Gasteiger partial charge in [0.25, 0.3) is 11.8 Å². The molecule has 0 fully saturated rings. The maximum Gasteiger partial charge on any atom is 0.286 e. The first-order chi connectivity index (χ1) is 9.49. The first kappa shape index (κ1) is 13.0. The lowest BCUT2D eigenvalue weighted by Gasteiger charge is -2.26. The molecule has 1 aliphatic rings. The van der Waals surface area contributed by atoms with E-state index in [-0.39, 0.29) is 16.2 Å². The van der Waals surface area contributed by atoms with Crippen LogP contribution in [0.5, 0.6) is 0 Å². The van der Waals surface area contributed by atoms with Gasteiger partial charge >= 0.3 is 0 Å². The number of rotatable bonds is 2. The van der Waals surface area contributed by atoms with E-state index in [1.165, 1.54) is 12.1 Å². The first-order valence-corrected chi connectivity index (χ1v) is 6.48. The molecule has 1 unspecified atom stereocenters. The van der Waals surface area contributed by atoms with Gasteiger partial charge in [-0.3, -0.25) is 9.59 Å². The van der Waals surface area contributed by atoms with Crippen LogP contribution >= 0.6 is 0 Å². The van der Waals surface area contributed by atoms with Crippen LogP contribution in [0.1, 0.15) is 20.7 Å². The van der Waals surface area contributed by atoms with Crippen molar-refractivity contribution in [3.63, 3.8) is 0 Å². The van der Waals surface area contributed by atoms with Gasteiger partial charge in [0.05, 0.1) is 11.1 Å². The molecule has 2 aromatic rings. The smallest absolute Gasteiger partial charge is 0.286 e. The van der Waals surface area contributed by atoms with Crippen molar-refractivity contribution in [1.29, 1.82) is 0 Å². The fourth-order valence-corrected chi connectivity index (χ4v) is 2.49. The minimum Gasteiger partial charge on any atom is -0.748 e. The molecule has 1 aliphatic heterocycles. The molecule has 2 aromatic carbocycles. The minimum atomic E-state index is -3.03. The summed E-state index contributed by atoms with van der Waals surface area (Å²) < 4.78 is 25.4. The average molecular weight is 286 g/mol. The molecule has 2 radical (unpaired) electrons. The van der Waals surface area contributed by atoms with Gasteiger partial charge in [-0.25, -0.2) is 4.21 Å². The summed E-state index contributed by atoms with van der Waals surface area (Å²) in [4.78, 5) is 24.3. The Morgan fingerprint density at radius 2 is 1.85 bits per heavy atom. The maximum absolute atomic E-state index is 12.2. The number of hydroxylamine groups is 2. The second-order valence-corrected chi connectivity index (χ2v) is 4.71. The summed E-state index contributed by atoms with van der Waals surface area (Å²) in [6.45, 7) is 0. The Hall–Kier alpha value is -2.03. The summed E-state index contributed by atoms with van der Waals surface area (Å²) in [6.07, 6.45) is 0. The minimum absolute atomic E-state index is 0.126. The van der Waals surface area contributed by atoms with Crippen LogP contribution in [0.3, 0.4) is 0 Å². The van der Waals surface area contributed by atoms with Gasteiger partial charge in [-0.2, -0.15) is 4.28 Å². The van der Waals surface area contributed by atoms with E-state index in [1.54, 1.807) is 18.2 Å². The monoisotopic (exact) mass is 286 g/mol. The molecular weight excluding hydrogens is 281 g/mol. The van der Waals surface area contributed by atoms with E-state index in [1.807, 2.05) is 0 Å². The number of hydrogen-bond donors (Lipinski definition) is 0. The first-order valence-electron chi connectivity index (χ1n) is 5.48. The number of nitrogens with zero attached hydrogens (tertiary/aromatic N) is 1. The summed E-state index contributed by atoms with van der Waals surface area (Å²) in [5.74, 6) is -1.70. The van der Waals surface area contributed by atoms with Gasteiger partial charge in [0.1, 0.15) is 19.2 Å². The van der Waals surface area contributed by atoms with Crippen LogP contribution in [0, 0.1) is 0 Å². The van der Waals surface area contributed by atoms with Crippen molar-refractivity contribution in [2.24, 2.45) is 0 Å². The van der Waals surface area contributed by atoms with Gasteiger partial charge in [-0.15, -0.1) is 5.06 Å². The van der Waals surface area contributed by atoms with Gasteiger partial charge in [0.2, 0.25) is 0 Å². The standard InChI is InChI=1S/C12H6BNO5S/c13-7-4-6-2-1-3-8-10(6)9(5-7)12(16)14(11(8)15)19-20(17)18/h1-5H,(H,17,18)/p-1. The Balaban J connectivity index is 2.31. The average Bonchev–Trinajstić information content (AvgIpc) is 2.40. The van der Waals surface area contributed by atoms with Crippen molar-refractivity contribution >= 4 is 47.3 Å². The summed E-state index contributed by atoms with van der Waals surface area (Å²) >= 11 is -3.03. The van der Waals surface area contributed by atoms with Gasteiger partial charge in [0.15, 0.2) is 0 Å². The van der Waals surface area contributed by atoms with E-state index >= 15 is 0 Å². The van der Waals surface area contributed by atoms with Gasteiger partial charge in [-0.05, 0) is 11.5 Å². The van der Waals surface area contributed by atoms with Gasteiger partial charge in [-0.1, -0.05) is 29.7 Å². The Morgan fingerprint density at radius 1 is 1.15 bits per heavy atom. The van der Waals surface area contributed by atoms with Crippen LogP contribution in [0.15, 0.2) is 30.3 Å². The zero-order chi connectivity index (χ0) is 14.4. The van der Waals surface area contributed by atoms with E-state index in [4.69, 9.17) is 7.85 Å². The largest absolute Gasteiger partial charge is 0.748 e. The van der Waals surface area contributed by atoms with Crippen LogP contribution in [0.4, 0.5) is 0 Å². The normalized spacial score (nSPS) is 15.8. The Kier molecular flexibility index (Phi) is 2.93. The molecule has 0 spiro atoms. The molecule has 0 saturated heterocycles. The predicted molar refractivity (Wildman–Crippen MR) is 69.8 cm³/mol. The second kappa shape index (κ2) is 4.52. The number of imide groups is 1. The van der Waals surface area contributed by atoms with Gasteiger partial charge in [0, 0.05) is 5.39 Å². The molecule has 1 atom stereocenters. The fourth-order valence-electron chi connectivity index (χ4n) is 2.24. The number of carbonyl (C=O) groups excluding carboxylic acids is 2. The summed E-state index contributed by atoms with van der Waals surface area (Å²) in [7, 11) is 5.70. The van der Waals surface area contributed by atoms with E-state index < -0.39 is 23.2 Å². The summed E-state index contributed by atoms with van der Waals surface area (Å²) in [5, 5.41) is 1.27. The van der Waals surface area contributed by atoms with Gasteiger partial charge < -0.3 is 4.55 Å². The van der Waals surface area contributed by atoms with Crippen molar-refractivity contribution in [2.75, 3.05) is 0 Å². The molecule has 0 saturated carbocycles. The maximum atomic E-state index is 12.2. The SMILES string of the molecule is [B]c1cc2c3c(cccc3c1)C(=O)N(OS(=O)[O-])C2=O. The summed E-state index contributed by atoms with van der Waals surface area (Å²) in [5.41, 5.74) is 0.638. The van der Waals surface area contributed by atoms with Crippen LogP contribution in [0.2, 0.25) is 0 Å². The second-order valence-electron chi connectivity index (χ2n) is 4.16. The van der Waals surface area contributed by atoms with Crippen LogP contribution in [0.25, 0.3) is 10.8 Å². The lowest BCUT2D eigenvalue weighted by molar-refractivity contribution is -0.0168. The number of hydrogen-bond acceptors (Lipinski definition) is 5. The summed E-state index contributed by atoms with van der Waals surface area (Å²) in [6, 6.07) is 7.82. The molecule has 0 bridgehead atoms. The molecule has 3 rings (SSSR count). The van der Waals surface area contributed by atoms with Crippen molar-refractivity contribution in [1.82, 2.24) is 5.06 Å². The number of amides is 2. The van der Waals surface area contributed by atoms with Crippen molar-refractivity contribution in [3.05, 3.63) is 41.5 Å². The molecule has 2 amide bonds. The number of benzene rings is 2. The highest BCUT2D eigenvalue weighted by molar-refractivity contribution is 7.74. The molecule has 20 heavy (non-hydrogen) atoms. The van der Waals surface area contributed by atoms with E-state index in [9.17, 15) is 18.4 Å². The molecule has 1 heterocycles. The number of carbonyl (C=O) groups is 2. The van der Waals surface area contributed by atoms with E-state index in [0.29, 0.717) is 16.2 Å². The van der Waals surface area contributed by atoms with Crippen LogP contribution in [-0.2, 0) is 15.6 Å². The molecule has 8 heteroatoms. The zero-order valence-corrected chi connectivity index (χ0v) is 10.7. The quantitative estimate of drug-likeness (QED) is 0.439. The van der Waals surface area contributed by atoms with E-state index in [0.717, 1.165) is 0 Å². The molecule has 0 aliphatic carbocycles. The molecule has 98 valence electrons. The molecule has 0 aromatic heterocycles. The molecule has 6 nitrogen and oxygen atoms in total. The molecular formula is C12H5BNO5S-. The highest BCUT2D eigenvalue weighted by atomic mass is 32.2. The third kappa shape index (κ3) is 1.85. The third-order valence-electron chi connectivity index (χ3n) is 2.96. The van der Waals surface area contributed by atoms with Crippen molar-refractivity contribution in [3.8, 4) is 0 Å². The fraction of sp³-hybridized carbons (Fsp3) is 0. The lowest BCUT2D eigenvalue weighted by atomic mass is 9.87. The zero-order valence-electron chi connectivity index (χ0n) is 9.86. The highest BCUT2D eigenvalue weighted by Crippen LogP contribution is 2.29. The van der Waals surface area contributed by atoms with Crippen molar-refractivity contribution < 1.29 is 22.6 Å². The van der Waals surface area contributed by atoms with Crippen molar-refractivity contribution in [2.45, 2.75) is 0 Å². The Labute approximate surface area is 117 Å². The highest BCUT2D eigenvalue weighted by Gasteiger charge is 2.34. The Morgan fingerprint density at radius 3 is 2.55 bits per heavy atom. The third-order valence-corrected chi connectivity index (χ3v) is 3.24. The topological polar surface area (TPSA) is 86.7 Å². The lowest BCUT2D eigenvalue weighted by Crippen LogP contribution is -2.41. The van der Waals surface area contributed by atoms with E-state index in [2.05, 4.69) is 4.28 Å². The molecule has 0 N–H and O–H groups in total.